The van der Waals surface area contributed by atoms with Crippen LogP contribution in [-0.4, -0.2) is 26.0 Å². The molecule has 5 nitrogen and oxygen atoms in total. The summed E-state index contributed by atoms with van der Waals surface area (Å²) in [4.78, 5) is 4.06. The Kier molecular flexibility index (Phi) is 4.76. The topological polar surface area (TPSA) is 85.1 Å². The van der Waals surface area contributed by atoms with Crippen molar-refractivity contribution in [2.24, 2.45) is 11.7 Å². The van der Waals surface area contributed by atoms with E-state index in [-0.39, 0.29) is 17.5 Å². The fraction of sp³-hybridized carbons (Fsp3) is 0.500. The first-order chi connectivity index (χ1) is 9.51. The van der Waals surface area contributed by atoms with Crippen LogP contribution in [0.2, 0.25) is 0 Å². The van der Waals surface area contributed by atoms with E-state index in [1.54, 1.807) is 0 Å². The summed E-state index contributed by atoms with van der Waals surface area (Å²) in [5.74, 6) is 6.14. The molecular weight excluding hydrogens is 274 g/mol. The number of sulfonamides is 1. The molecule has 6 heteroatoms. The Labute approximate surface area is 120 Å². The normalized spacial score (nSPS) is 16.3. The Balaban J connectivity index is 2.11. The molecule has 1 fully saturated rings. The van der Waals surface area contributed by atoms with Gasteiger partial charge in [0.05, 0.1) is 6.54 Å². The minimum absolute atomic E-state index is 0.0636. The maximum atomic E-state index is 12.2. The summed E-state index contributed by atoms with van der Waals surface area (Å²) in [6.07, 6.45) is 6.16. The van der Waals surface area contributed by atoms with E-state index in [2.05, 4.69) is 21.5 Å². The van der Waals surface area contributed by atoms with Gasteiger partial charge < -0.3 is 5.73 Å². The summed E-state index contributed by atoms with van der Waals surface area (Å²) in [6, 6.07) is 1.45. The fourth-order valence-electron chi connectivity index (χ4n) is 2.02. The largest absolute Gasteiger partial charge is 0.320 e. The highest BCUT2D eigenvalue weighted by Gasteiger charge is 2.26. The molecule has 0 amide bonds. The van der Waals surface area contributed by atoms with Crippen LogP contribution in [0.25, 0.3) is 0 Å². The molecule has 0 spiro atoms. The van der Waals surface area contributed by atoms with Gasteiger partial charge in [0.15, 0.2) is 0 Å². The van der Waals surface area contributed by atoms with Crippen molar-refractivity contribution < 1.29 is 8.42 Å². The zero-order valence-electron chi connectivity index (χ0n) is 11.5. The molecule has 20 heavy (non-hydrogen) atoms. The van der Waals surface area contributed by atoms with Crippen LogP contribution < -0.4 is 10.5 Å². The Hall–Kier alpha value is -1.42. The van der Waals surface area contributed by atoms with Crippen molar-refractivity contribution in [3.05, 3.63) is 24.0 Å². The molecule has 1 heterocycles. The molecule has 0 bridgehead atoms. The molecule has 1 atom stereocenters. The average Bonchev–Trinajstić information content (AvgIpc) is 3.20. The van der Waals surface area contributed by atoms with Crippen LogP contribution in [0.5, 0.6) is 0 Å². The van der Waals surface area contributed by atoms with Crippen LogP contribution in [0.3, 0.4) is 0 Å². The van der Waals surface area contributed by atoms with Gasteiger partial charge in [-0.05, 0) is 25.3 Å². The van der Waals surface area contributed by atoms with Gasteiger partial charge in [0.1, 0.15) is 4.90 Å². The number of nitrogens with zero attached hydrogens (tertiary/aromatic N) is 1. The highest BCUT2D eigenvalue weighted by atomic mass is 32.2. The Bertz CT molecular complexity index is 627. The predicted octanol–water partition coefficient (Wildman–Crippen LogP) is 0.859. The van der Waals surface area contributed by atoms with E-state index in [9.17, 15) is 8.42 Å². The number of hydrogen-bond donors (Lipinski definition) is 2. The van der Waals surface area contributed by atoms with Crippen LogP contribution in [0.1, 0.15) is 31.7 Å². The second-order valence-electron chi connectivity index (χ2n) is 5.12. The summed E-state index contributed by atoms with van der Waals surface area (Å²) >= 11 is 0. The van der Waals surface area contributed by atoms with E-state index < -0.39 is 10.0 Å². The summed E-state index contributed by atoms with van der Waals surface area (Å²) in [5, 5.41) is 0. The lowest BCUT2D eigenvalue weighted by Crippen LogP contribution is -2.33. The second-order valence-corrected chi connectivity index (χ2v) is 6.83. The Morgan fingerprint density at radius 2 is 2.25 bits per heavy atom. The van der Waals surface area contributed by atoms with E-state index in [4.69, 9.17) is 5.73 Å². The van der Waals surface area contributed by atoms with Gasteiger partial charge in [-0.2, -0.15) is 0 Å². The molecule has 1 aromatic rings. The molecule has 1 saturated carbocycles. The average molecular weight is 293 g/mol. The van der Waals surface area contributed by atoms with Crippen molar-refractivity contribution in [1.29, 1.82) is 0 Å². The second kappa shape index (κ2) is 6.35. The fourth-order valence-corrected chi connectivity index (χ4v) is 3.27. The quantitative estimate of drug-likeness (QED) is 0.789. The van der Waals surface area contributed by atoms with Crippen molar-refractivity contribution in [1.82, 2.24) is 9.71 Å². The third kappa shape index (κ3) is 4.30. The number of aromatic nitrogens is 1. The first kappa shape index (κ1) is 15.0. The van der Waals surface area contributed by atoms with Gasteiger partial charge in [0.25, 0.3) is 0 Å². The van der Waals surface area contributed by atoms with E-state index in [0.717, 1.165) is 6.42 Å². The summed E-state index contributed by atoms with van der Waals surface area (Å²) < 4.78 is 27.2. The van der Waals surface area contributed by atoms with E-state index in [0.29, 0.717) is 11.5 Å². The zero-order chi connectivity index (χ0) is 14.6. The lowest BCUT2D eigenvalue weighted by molar-refractivity contribution is 0.529. The molecule has 0 radical (unpaired) electrons. The molecule has 0 aromatic carbocycles. The van der Waals surface area contributed by atoms with Gasteiger partial charge in [0, 0.05) is 24.0 Å². The molecule has 1 aromatic heterocycles. The predicted molar refractivity (Wildman–Crippen MR) is 77.3 cm³/mol. The molecule has 0 saturated heterocycles. The van der Waals surface area contributed by atoms with E-state index >= 15 is 0 Å². The Morgan fingerprint density at radius 1 is 1.50 bits per heavy atom. The van der Waals surface area contributed by atoms with Gasteiger partial charge >= 0.3 is 0 Å². The van der Waals surface area contributed by atoms with Crippen LogP contribution in [-0.2, 0) is 10.0 Å². The summed E-state index contributed by atoms with van der Waals surface area (Å²) in [5.41, 5.74) is 5.84. The minimum atomic E-state index is -3.54. The minimum Gasteiger partial charge on any atom is -0.320 e. The van der Waals surface area contributed by atoms with Crippen LogP contribution >= 0.6 is 0 Å². The van der Waals surface area contributed by atoms with Crippen LogP contribution in [0.15, 0.2) is 23.4 Å². The van der Waals surface area contributed by atoms with Gasteiger partial charge in [-0.15, -0.1) is 0 Å². The van der Waals surface area contributed by atoms with Crippen LogP contribution in [0.4, 0.5) is 0 Å². The van der Waals surface area contributed by atoms with E-state index in [1.165, 1.54) is 31.3 Å². The lowest BCUT2D eigenvalue weighted by atomic mass is 10.2. The molecule has 0 aliphatic heterocycles. The van der Waals surface area contributed by atoms with Gasteiger partial charge in [-0.25, -0.2) is 13.1 Å². The highest BCUT2D eigenvalue weighted by Crippen LogP contribution is 2.33. The molecular formula is C14H19N3O2S. The third-order valence-corrected chi connectivity index (χ3v) is 4.65. The van der Waals surface area contributed by atoms with Gasteiger partial charge in [-0.1, -0.05) is 24.7 Å². The van der Waals surface area contributed by atoms with Crippen molar-refractivity contribution in [2.45, 2.75) is 37.1 Å². The number of pyridine rings is 1. The van der Waals surface area contributed by atoms with Crippen molar-refractivity contribution in [3.8, 4) is 11.8 Å². The van der Waals surface area contributed by atoms with Crippen molar-refractivity contribution >= 4 is 10.0 Å². The van der Waals surface area contributed by atoms with Crippen molar-refractivity contribution in [3.63, 3.8) is 0 Å². The molecule has 108 valence electrons. The highest BCUT2D eigenvalue weighted by molar-refractivity contribution is 7.89. The molecule has 1 unspecified atom stereocenters. The molecule has 3 N–H and O–H groups in total. The van der Waals surface area contributed by atoms with Gasteiger partial charge in [-0.3, -0.25) is 4.98 Å². The molecule has 1 aliphatic carbocycles. The maximum Gasteiger partial charge on any atom is 0.242 e. The third-order valence-electron chi connectivity index (χ3n) is 3.10. The zero-order valence-corrected chi connectivity index (χ0v) is 12.3. The van der Waals surface area contributed by atoms with Crippen LogP contribution in [0, 0.1) is 17.8 Å². The summed E-state index contributed by atoms with van der Waals surface area (Å²) in [6.45, 7) is 2.12. The monoisotopic (exact) mass is 293 g/mol. The Morgan fingerprint density at radius 3 is 2.90 bits per heavy atom. The van der Waals surface area contributed by atoms with Gasteiger partial charge in [0.2, 0.25) is 10.0 Å². The number of rotatable bonds is 5. The molecule has 1 aliphatic rings. The first-order valence-corrected chi connectivity index (χ1v) is 8.16. The standard InChI is InChI=1S/C14H19N3O2S/c1-11(7-12-4-5-12)17-20(18,19)14-8-13(3-2-6-15)9-16-10-14/h8-12,17H,4-7,15H2,1H3. The smallest absolute Gasteiger partial charge is 0.242 e. The van der Waals surface area contributed by atoms with Crippen molar-refractivity contribution in [2.75, 3.05) is 6.54 Å². The number of nitrogens with one attached hydrogen (secondary N) is 1. The van der Waals surface area contributed by atoms with E-state index in [1.807, 2.05) is 6.92 Å². The SMILES string of the molecule is CC(CC1CC1)NS(=O)(=O)c1cncc(C#CCN)c1. The molecule has 2 rings (SSSR count). The summed E-state index contributed by atoms with van der Waals surface area (Å²) in [7, 11) is -3.54. The number of hydrogen-bond acceptors (Lipinski definition) is 4. The lowest BCUT2D eigenvalue weighted by Gasteiger charge is -2.13. The maximum absolute atomic E-state index is 12.2. The number of nitrogens with two attached hydrogens (primary N) is 1. The first-order valence-electron chi connectivity index (χ1n) is 6.67.